The number of benzene rings is 1. The molecule has 1 aromatic carbocycles. The van der Waals surface area contributed by atoms with Crippen LogP contribution in [0.15, 0.2) is 45.8 Å². The summed E-state index contributed by atoms with van der Waals surface area (Å²) in [5.41, 5.74) is 2.33. The summed E-state index contributed by atoms with van der Waals surface area (Å²) in [6.07, 6.45) is 4.20. The van der Waals surface area contributed by atoms with Crippen molar-refractivity contribution in [2.75, 3.05) is 6.61 Å². The van der Waals surface area contributed by atoms with Crippen molar-refractivity contribution < 1.29 is 18.8 Å². The molecule has 0 bridgehead atoms. The number of hydrogen-bond acceptors (Lipinski definition) is 6. The van der Waals surface area contributed by atoms with Crippen LogP contribution < -0.4 is 5.76 Å². The molecule has 0 atom stereocenters. The van der Waals surface area contributed by atoms with Crippen LogP contribution in [0.4, 0.5) is 4.39 Å². The van der Waals surface area contributed by atoms with Gasteiger partial charge in [-0.15, -0.1) is 0 Å². The molecular weight excluding hydrogens is 467 g/mol. The van der Waals surface area contributed by atoms with E-state index in [2.05, 4.69) is 34.8 Å². The highest BCUT2D eigenvalue weighted by Gasteiger charge is 2.36. The molecule has 10 heteroatoms. The van der Waals surface area contributed by atoms with E-state index in [0.29, 0.717) is 28.8 Å². The first kappa shape index (κ1) is 23.6. The average Bonchev–Trinajstić information content (AvgIpc) is 3.37. The number of fused-ring (bicyclic) bond motifs is 1. The van der Waals surface area contributed by atoms with Gasteiger partial charge in [-0.25, -0.2) is 14.2 Å². The lowest BCUT2D eigenvalue weighted by molar-refractivity contribution is -0.0387. The predicted molar refractivity (Wildman–Crippen MR) is 133 cm³/mol. The van der Waals surface area contributed by atoms with Crippen molar-refractivity contribution in [3.63, 3.8) is 0 Å². The van der Waals surface area contributed by atoms with Crippen LogP contribution >= 0.6 is 0 Å². The number of aromatic nitrogens is 4. The molecule has 0 aliphatic heterocycles. The average molecular weight is 497 g/mol. The Balaban J connectivity index is 1.52. The maximum absolute atomic E-state index is 15.3. The van der Waals surface area contributed by atoms with Crippen molar-refractivity contribution in [2.24, 2.45) is 0 Å². The molecule has 1 aliphatic carbocycles. The number of pyridine rings is 1. The summed E-state index contributed by atoms with van der Waals surface area (Å²) in [5, 5.41) is 14.4. The number of ether oxygens (including phenoxy) is 1. The fraction of sp³-hybridized carbons (Fsp3) is 0.400. The van der Waals surface area contributed by atoms with E-state index in [1.54, 1.807) is 22.9 Å². The van der Waals surface area contributed by atoms with Crippen molar-refractivity contribution in [1.29, 1.82) is 0 Å². The molecule has 0 saturated heterocycles. The fourth-order valence-corrected chi connectivity index (χ4v) is 5.05. The molecule has 2 N–H and O–H groups in total. The first-order valence-corrected chi connectivity index (χ1v) is 15.5. The van der Waals surface area contributed by atoms with Crippen LogP contribution in [-0.2, 0) is 17.1 Å². The molecule has 3 heterocycles. The summed E-state index contributed by atoms with van der Waals surface area (Å²) < 4.78 is 27.6. The zero-order valence-corrected chi connectivity index (χ0v) is 21.1. The number of halogens is 1. The van der Waals surface area contributed by atoms with Crippen LogP contribution in [0.3, 0.4) is 0 Å². The maximum Gasteiger partial charge on any atom is 0.439 e. The van der Waals surface area contributed by atoms with Crippen LogP contribution in [0.1, 0.15) is 24.8 Å². The van der Waals surface area contributed by atoms with Gasteiger partial charge in [0.05, 0.1) is 16.7 Å². The van der Waals surface area contributed by atoms with E-state index in [1.807, 2.05) is 12.1 Å². The topological polar surface area (TPSA) is 106 Å². The second-order valence-electron chi connectivity index (χ2n) is 10.5. The van der Waals surface area contributed by atoms with Gasteiger partial charge in [0.1, 0.15) is 17.9 Å². The number of nitrogens with zero attached hydrogens (tertiary/aromatic N) is 3. The van der Waals surface area contributed by atoms with Crippen molar-refractivity contribution in [3.05, 3.63) is 58.5 Å². The lowest BCUT2D eigenvalue weighted by atomic mass is 9.75. The van der Waals surface area contributed by atoms with Gasteiger partial charge in [-0.2, -0.15) is 0 Å². The van der Waals surface area contributed by atoms with Gasteiger partial charge >= 0.3 is 5.76 Å². The van der Waals surface area contributed by atoms with Gasteiger partial charge in [0.25, 0.3) is 0 Å². The first-order chi connectivity index (χ1) is 16.6. The van der Waals surface area contributed by atoms with Gasteiger partial charge < -0.3 is 14.4 Å². The summed E-state index contributed by atoms with van der Waals surface area (Å²) in [5.74, 6) is -0.943. The van der Waals surface area contributed by atoms with E-state index in [4.69, 9.17) is 9.26 Å². The fourth-order valence-electron chi connectivity index (χ4n) is 4.29. The van der Waals surface area contributed by atoms with Gasteiger partial charge in [0.2, 0.25) is 0 Å². The van der Waals surface area contributed by atoms with Gasteiger partial charge in [-0.1, -0.05) is 49.1 Å². The number of nitrogens with one attached hydrogen (secondary N) is 1. The Kier molecular flexibility index (Phi) is 5.98. The van der Waals surface area contributed by atoms with Gasteiger partial charge in [0, 0.05) is 32.5 Å². The molecule has 35 heavy (non-hydrogen) atoms. The summed E-state index contributed by atoms with van der Waals surface area (Å²) in [6, 6.07) is 9.64. The second-order valence-corrected chi connectivity index (χ2v) is 16.1. The lowest BCUT2D eigenvalue weighted by Gasteiger charge is -2.37. The zero-order valence-electron chi connectivity index (χ0n) is 20.1. The van der Waals surface area contributed by atoms with Crippen molar-refractivity contribution >= 4 is 19.1 Å². The molecule has 5 rings (SSSR count). The van der Waals surface area contributed by atoms with E-state index in [9.17, 15) is 9.90 Å². The minimum atomic E-state index is -1.25. The Morgan fingerprint density at radius 1 is 1.26 bits per heavy atom. The number of hydrogen-bond donors (Lipinski definition) is 2. The Bertz CT molecular complexity index is 1410. The highest BCUT2D eigenvalue weighted by atomic mass is 28.3. The number of aliphatic hydroxyl groups is 1. The van der Waals surface area contributed by atoms with Crippen LogP contribution in [-0.4, -0.2) is 39.5 Å². The number of H-pyrrole nitrogens is 1. The van der Waals surface area contributed by atoms with Crippen molar-refractivity contribution in [3.8, 4) is 22.6 Å². The largest absolute Gasteiger partial charge is 0.439 e. The Morgan fingerprint density at radius 2 is 2.00 bits per heavy atom. The van der Waals surface area contributed by atoms with E-state index in [-0.39, 0.29) is 18.2 Å². The van der Waals surface area contributed by atoms with Crippen LogP contribution in [0.5, 0.6) is 0 Å². The standard InChI is InChI=1S/C25H29FN4O4Si/c1-35(2,3)12-11-33-15-30-14-18(23-28-24(31)34-29-23)22-20(30)13-19(26)21(27-22)16-5-7-17(8-6-16)25(32)9-4-10-25/h5-8,13-14,32H,4,9-12,15H2,1-3H3,(H,28,29,31). The predicted octanol–water partition coefficient (Wildman–Crippen LogP) is 4.87. The molecule has 1 saturated carbocycles. The van der Waals surface area contributed by atoms with Crippen molar-refractivity contribution in [1.82, 2.24) is 19.7 Å². The monoisotopic (exact) mass is 496 g/mol. The molecule has 0 spiro atoms. The Labute approximate surface area is 202 Å². The molecule has 8 nitrogen and oxygen atoms in total. The second kappa shape index (κ2) is 8.85. The van der Waals surface area contributed by atoms with Gasteiger partial charge in [-0.05, 0) is 30.9 Å². The molecule has 1 aliphatic rings. The van der Waals surface area contributed by atoms with E-state index in [1.165, 1.54) is 6.07 Å². The molecule has 0 amide bonds. The number of aromatic amines is 1. The first-order valence-electron chi connectivity index (χ1n) is 11.8. The van der Waals surface area contributed by atoms with Gasteiger partial charge in [-0.3, -0.25) is 9.51 Å². The SMILES string of the molecule is C[Si](C)(C)CCOCn1cc(-c2noc(=O)[nH]2)c2nc(-c3ccc(C4(O)CCC4)cc3)c(F)cc21. The highest BCUT2D eigenvalue weighted by molar-refractivity contribution is 6.76. The Morgan fingerprint density at radius 3 is 2.60 bits per heavy atom. The van der Waals surface area contributed by atoms with Crippen molar-refractivity contribution in [2.45, 2.75) is 57.3 Å². The third-order valence-corrected chi connectivity index (χ3v) is 8.31. The zero-order chi connectivity index (χ0) is 24.8. The molecule has 4 aromatic rings. The summed E-state index contributed by atoms with van der Waals surface area (Å²) in [4.78, 5) is 18.8. The highest BCUT2D eigenvalue weighted by Crippen LogP contribution is 2.41. The smallest absolute Gasteiger partial charge is 0.385 e. The summed E-state index contributed by atoms with van der Waals surface area (Å²) in [6.45, 7) is 7.66. The van der Waals surface area contributed by atoms with E-state index >= 15 is 4.39 Å². The van der Waals surface area contributed by atoms with E-state index < -0.39 is 25.2 Å². The lowest BCUT2D eigenvalue weighted by Crippen LogP contribution is -2.33. The third kappa shape index (κ3) is 4.73. The quantitative estimate of drug-likeness (QED) is 0.266. The molecular formula is C25H29FN4O4Si. The molecule has 3 aromatic heterocycles. The Hall–Kier alpha value is -3.08. The minimum Gasteiger partial charge on any atom is -0.385 e. The van der Waals surface area contributed by atoms with Gasteiger partial charge in [0.15, 0.2) is 11.6 Å². The molecule has 1 fully saturated rings. The third-order valence-electron chi connectivity index (χ3n) is 6.60. The molecule has 0 radical (unpaired) electrons. The maximum atomic E-state index is 15.3. The normalized spacial score (nSPS) is 15.5. The molecule has 0 unspecified atom stereocenters. The van der Waals surface area contributed by atoms with Crippen LogP contribution in [0, 0.1) is 5.82 Å². The summed E-state index contributed by atoms with van der Waals surface area (Å²) >= 11 is 0. The van der Waals surface area contributed by atoms with E-state index in [0.717, 1.165) is 30.9 Å². The number of rotatable bonds is 8. The van der Waals surface area contributed by atoms with Crippen LogP contribution in [0.2, 0.25) is 25.7 Å². The molecule has 184 valence electrons. The van der Waals surface area contributed by atoms with Crippen LogP contribution in [0.25, 0.3) is 33.7 Å². The summed E-state index contributed by atoms with van der Waals surface area (Å²) in [7, 11) is -1.25. The minimum absolute atomic E-state index is 0.175.